The van der Waals surface area contributed by atoms with Gasteiger partial charge in [0, 0.05) is 28.5 Å². The van der Waals surface area contributed by atoms with Crippen molar-refractivity contribution in [3.8, 4) is 0 Å². The first kappa shape index (κ1) is 16.7. The number of rotatable bonds is 2. The van der Waals surface area contributed by atoms with Gasteiger partial charge >= 0.3 is 0 Å². The number of carbonyl (C=O) groups excluding carboxylic acids is 1. The minimum Gasteiger partial charge on any atom is -0.550 e. The number of pyridine rings is 1. The molecule has 23 heavy (non-hydrogen) atoms. The van der Waals surface area contributed by atoms with E-state index in [1.807, 2.05) is 0 Å². The molecule has 0 atom stereocenters. The highest BCUT2D eigenvalue weighted by molar-refractivity contribution is 7.89. The molecule has 122 valence electrons. The standard InChI is InChI=1S/C11H9N3O3S.C3H6O2/c12-18(16,17)6-1-2-9-8(5-6)7-3-4-13-10(7)11(15)14-9;1-2-3(4)5/h1-5,13H,(H,14,15)(H2,12,16,17);2H2,1H3,(H,4,5)/p-1. The van der Waals surface area contributed by atoms with Gasteiger partial charge < -0.3 is 19.9 Å². The third kappa shape index (κ3) is 3.58. The highest BCUT2D eigenvalue weighted by Gasteiger charge is 2.11. The summed E-state index contributed by atoms with van der Waals surface area (Å²) in [4.78, 5) is 26.5. The number of aromatic nitrogens is 2. The van der Waals surface area contributed by atoms with E-state index in [9.17, 15) is 23.1 Å². The lowest BCUT2D eigenvalue weighted by Gasteiger charge is -2.03. The van der Waals surface area contributed by atoms with Gasteiger partial charge in [-0.25, -0.2) is 13.6 Å². The van der Waals surface area contributed by atoms with Gasteiger partial charge in [0.1, 0.15) is 5.52 Å². The molecule has 0 radical (unpaired) electrons. The average molecular weight is 336 g/mol. The van der Waals surface area contributed by atoms with Crippen LogP contribution in [0.25, 0.3) is 21.8 Å². The van der Waals surface area contributed by atoms with Gasteiger partial charge in [0.15, 0.2) is 0 Å². The zero-order valence-corrected chi connectivity index (χ0v) is 12.9. The summed E-state index contributed by atoms with van der Waals surface area (Å²) in [5.41, 5.74) is 0.736. The third-order valence-corrected chi connectivity index (χ3v) is 4.03. The number of sulfonamides is 1. The number of carbonyl (C=O) groups is 1. The molecule has 1 aromatic carbocycles. The Hall–Kier alpha value is -2.65. The molecule has 0 unspecified atom stereocenters. The summed E-state index contributed by atoms with van der Waals surface area (Å²) in [6, 6.07) is 6.08. The van der Waals surface area contributed by atoms with E-state index in [1.165, 1.54) is 25.1 Å². The van der Waals surface area contributed by atoms with Crippen molar-refractivity contribution in [3.63, 3.8) is 0 Å². The number of nitrogens with one attached hydrogen (secondary N) is 2. The van der Waals surface area contributed by atoms with Gasteiger partial charge in [0.2, 0.25) is 10.0 Å². The predicted octanol–water partition coefficient (Wildman–Crippen LogP) is -0.197. The number of fused-ring (bicyclic) bond motifs is 3. The smallest absolute Gasteiger partial charge is 0.272 e. The van der Waals surface area contributed by atoms with Crippen LogP contribution in [0.2, 0.25) is 0 Å². The maximum atomic E-state index is 11.7. The molecular weight excluding hydrogens is 322 g/mol. The molecule has 3 rings (SSSR count). The van der Waals surface area contributed by atoms with Crippen molar-refractivity contribution in [2.45, 2.75) is 18.2 Å². The van der Waals surface area contributed by atoms with Crippen LogP contribution >= 0.6 is 0 Å². The van der Waals surface area contributed by atoms with Crippen LogP contribution in [0, 0.1) is 0 Å². The molecule has 0 aliphatic rings. The first-order valence-corrected chi connectivity index (χ1v) is 8.14. The number of hydrogen-bond acceptors (Lipinski definition) is 5. The second-order valence-electron chi connectivity index (χ2n) is 4.70. The second kappa shape index (κ2) is 6.23. The molecule has 4 N–H and O–H groups in total. The molecule has 0 fully saturated rings. The molecule has 0 bridgehead atoms. The Balaban J connectivity index is 0.000000338. The fraction of sp³-hybridized carbons (Fsp3) is 0.143. The van der Waals surface area contributed by atoms with E-state index in [-0.39, 0.29) is 16.9 Å². The topological polar surface area (TPSA) is 149 Å². The van der Waals surface area contributed by atoms with E-state index in [1.54, 1.807) is 12.3 Å². The number of aromatic amines is 2. The van der Waals surface area contributed by atoms with E-state index in [2.05, 4.69) is 9.97 Å². The van der Waals surface area contributed by atoms with Gasteiger partial charge in [-0.05, 0) is 30.7 Å². The van der Waals surface area contributed by atoms with E-state index in [0.717, 1.165) is 0 Å². The van der Waals surface area contributed by atoms with Crippen LogP contribution in [0.4, 0.5) is 0 Å². The first-order chi connectivity index (χ1) is 10.7. The van der Waals surface area contributed by atoms with Gasteiger partial charge in [-0.1, -0.05) is 6.92 Å². The molecule has 0 aliphatic carbocycles. The maximum Gasteiger partial charge on any atom is 0.272 e. The van der Waals surface area contributed by atoms with Crippen molar-refractivity contribution in [2.75, 3.05) is 0 Å². The Morgan fingerprint density at radius 2 is 1.91 bits per heavy atom. The average Bonchev–Trinajstić information content (AvgIpc) is 2.97. The van der Waals surface area contributed by atoms with Crippen LogP contribution in [0.5, 0.6) is 0 Å². The SMILES string of the molecule is CCC(=O)[O-].NS(=O)(=O)c1ccc2[nH]c(=O)c3[nH]ccc3c2c1. The Labute approximate surface area is 131 Å². The highest BCUT2D eigenvalue weighted by Crippen LogP contribution is 2.22. The fourth-order valence-corrected chi connectivity index (χ4v) is 2.54. The lowest BCUT2D eigenvalue weighted by Crippen LogP contribution is -2.19. The van der Waals surface area contributed by atoms with Gasteiger partial charge in [-0.2, -0.15) is 0 Å². The lowest BCUT2D eigenvalue weighted by molar-refractivity contribution is -0.305. The van der Waals surface area contributed by atoms with Crippen LogP contribution in [0.3, 0.4) is 0 Å². The monoisotopic (exact) mass is 336 g/mol. The first-order valence-electron chi connectivity index (χ1n) is 6.59. The zero-order chi connectivity index (χ0) is 17.2. The summed E-state index contributed by atoms with van der Waals surface area (Å²) < 4.78 is 22.6. The van der Waals surface area contributed by atoms with Crippen molar-refractivity contribution >= 4 is 37.8 Å². The quantitative estimate of drug-likeness (QED) is 0.592. The molecule has 0 aliphatic heterocycles. The maximum absolute atomic E-state index is 11.7. The summed E-state index contributed by atoms with van der Waals surface area (Å²) in [6.45, 7) is 1.54. The number of primary sulfonamides is 1. The molecule has 3 aromatic rings. The molecule has 2 aromatic heterocycles. The normalized spacial score (nSPS) is 11.2. The summed E-state index contributed by atoms with van der Waals surface area (Å²) in [5.74, 6) is -0.995. The van der Waals surface area contributed by atoms with Gasteiger partial charge in [-0.3, -0.25) is 4.79 Å². The number of hydrogen-bond donors (Lipinski definition) is 3. The van der Waals surface area contributed by atoms with E-state index < -0.39 is 16.0 Å². The molecule has 8 nitrogen and oxygen atoms in total. The molecule has 0 saturated heterocycles. The number of benzene rings is 1. The summed E-state index contributed by atoms with van der Waals surface area (Å²) in [7, 11) is -3.76. The van der Waals surface area contributed by atoms with Crippen LogP contribution < -0.4 is 15.8 Å². The summed E-state index contributed by atoms with van der Waals surface area (Å²) >= 11 is 0. The van der Waals surface area contributed by atoms with Gasteiger partial charge in [-0.15, -0.1) is 0 Å². The van der Waals surface area contributed by atoms with Crippen molar-refractivity contribution in [2.24, 2.45) is 5.14 Å². The Bertz CT molecular complexity index is 1030. The van der Waals surface area contributed by atoms with E-state index in [0.29, 0.717) is 21.8 Å². The van der Waals surface area contributed by atoms with Crippen molar-refractivity contribution in [1.82, 2.24) is 9.97 Å². The van der Waals surface area contributed by atoms with E-state index in [4.69, 9.17) is 5.14 Å². The van der Waals surface area contributed by atoms with Crippen molar-refractivity contribution < 1.29 is 18.3 Å². The van der Waals surface area contributed by atoms with Crippen LogP contribution in [0.15, 0.2) is 40.2 Å². The second-order valence-corrected chi connectivity index (χ2v) is 6.26. The highest BCUT2D eigenvalue weighted by atomic mass is 32.2. The Kier molecular flexibility index (Phi) is 4.52. The fourth-order valence-electron chi connectivity index (χ4n) is 2.00. The molecule has 0 amide bonds. The molecular formula is C14H14N3O5S-. The number of nitrogens with two attached hydrogens (primary N) is 1. The van der Waals surface area contributed by atoms with E-state index >= 15 is 0 Å². The number of carboxylic acid groups (broad SMARTS) is 1. The van der Waals surface area contributed by atoms with Gasteiger partial charge in [0.25, 0.3) is 5.56 Å². The number of H-pyrrole nitrogens is 2. The third-order valence-electron chi connectivity index (χ3n) is 3.12. The lowest BCUT2D eigenvalue weighted by atomic mass is 10.1. The molecule has 9 heteroatoms. The Morgan fingerprint density at radius 1 is 1.26 bits per heavy atom. The van der Waals surface area contributed by atoms with Crippen LogP contribution in [-0.4, -0.2) is 24.4 Å². The molecule has 0 spiro atoms. The minimum atomic E-state index is -3.76. The summed E-state index contributed by atoms with van der Waals surface area (Å²) in [5, 5.41) is 15.6. The molecule has 0 saturated carbocycles. The molecule has 2 heterocycles. The van der Waals surface area contributed by atoms with Crippen molar-refractivity contribution in [1.29, 1.82) is 0 Å². The number of aliphatic carboxylic acids is 1. The Morgan fingerprint density at radius 3 is 2.48 bits per heavy atom. The predicted molar refractivity (Wildman–Crippen MR) is 83.1 cm³/mol. The summed E-state index contributed by atoms with van der Waals surface area (Å²) in [6.07, 6.45) is 1.74. The minimum absolute atomic E-state index is 0.0181. The zero-order valence-electron chi connectivity index (χ0n) is 12.1. The van der Waals surface area contributed by atoms with Gasteiger partial charge in [0.05, 0.1) is 4.90 Å². The number of carboxylic acids is 1. The van der Waals surface area contributed by atoms with Crippen molar-refractivity contribution in [3.05, 3.63) is 40.8 Å². The van der Waals surface area contributed by atoms with Crippen LogP contribution in [0.1, 0.15) is 13.3 Å². The largest absolute Gasteiger partial charge is 0.550 e. The van der Waals surface area contributed by atoms with Crippen LogP contribution in [-0.2, 0) is 14.8 Å².